The summed E-state index contributed by atoms with van der Waals surface area (Å²) in [6, 6.07) is 0.759. The molecule has 2 fully saturated rings. The van der Waals surface area contributed by atoms with Gasteiger partial charge in [0.2, 0.25) is 0 Å². The van der Waals surface area contributed by atoms with E-state index in [9.17, 15) is 0 Å². The Balaban J connectivity index is 1.83. The zero-order valence-corrected chi connectivity index (χ0v) is 11.1. The van der Waals surface area contributed by atoms with Crippen molar-refractivity contribution in [2.45, 2.75) is 37.8 Å². The van der Waals surface area contributed by atoms with E-state index < -0.39 is 0 Å². The smallest absolute Gasteiger partial charge is 0.0829 e. The van der Waals surface area contributed by atoms with Crippen LogP contribution < -0.4 is 5.73 Å². The van der Waals surface area contributed by atoms with Crippen LogP contribution in [0.3, 0.4) is 0 Å². The molecule has 0 radical (unpaired) electrons. The summed E-state index contributed by atoms with van der Waals surface area (Å²) in [5.41, 5.74) is 5.74. The first-order valence-electron chi connectivity index (χ1n) is 7.04. The van der Waals surface area contributed by atoms with E-state index in [1.54, 1.807) is 0 Å². The van der Waals surface area contributed by atoms with Gasteiger partial charge in [0.15, 0.2) is 0 Å². The van der Waals surface area contributed by atoms with E-state index in [2.05, 4.69) is 16.8 Å². The van der Waals surface area contributed by atoms with Crippen molar-refractivity contribution in [3.8, 4) is 0 Å². The van der Waals surface area contributed by atoms with Crippen LogP contribution in [0, 0.1) is 0 Å². The van der Waals surface area contributed by atoms with Gasteiger partial charge in [0.05, 0.1) is 12.7 Å². The summed E-state index contributed by atoms with van der Waals surface area (Å²) in [4.78, 5) is 4.93. The number of rotatable bonds is 5. The van der Waals surface area contributed by atoms with Gasteiger partial charge in [-0.15, -0.1) is 0 Å². The fourth-order valence-corrected chi connectivity index (χ4v) is 3.10. The van der Waals surface area contributed by atoms with Crippen LogP contribution >= 0.6 is 0 Å². The largest absolute Gasteiger partial charge is 0.374 e. The lowest BCUT2D eigenvalue weighted by atomic mass is 10.1. The van der Waals surface area contributed by atoms with E-state index in [0.29, 0.717) is 6.10 Å². The summed E-state index contributed by atoms with van der Waals surface area (Å²) in [5.74, 6) is 0. The van der Waals surface area contributed by atoms with E-state index in [-0.39, 0.29) is 0 Å². The Morgan fingerprint density at radius 3 is 2.76 bits per heavy atom. The Bertz CT molecular complexity index is 219. The van der Waals surface area contributed by atoms with Gasteiger partial charge in [-0.1, -0.05) is 12.8 Å². The number of likely N-dealkylation sites (N-methyl/N-ethyl adjacent to an activating group) is 1. The Morgan fingerprint density at radius 2 is 2.12 bits per heavy atom. The van der Waals surface area contributed by atoms with Gasteiger partial charge in [0.1, 0.15) is 0 Å². The molecule has 1 saturated heterocycles. The van der Waals surface area contributed by atoms with E-state index >= 15 is 0 Å². The minimum absolute atomic E-state index is 0.376. The van der Waals surface area contributed by atoms with Gasteiger partial charge in [-0.3, -0.25) is 4.90 Å². The minimum atomic E-state index is 0.376. The van der Waals surface area contributed by atoms with Crippen LogP contribution in [0.2, 0.25) is 0 Å². The van der Waals surface area contributed by atoms with Crippen molar-refractivity contribution in [1.82, 2.24) is 9.80 Å². The summed E-state index contributed by atoms with van der Waals surface area (Å²) in [6.45, 7) is 5.85. The van der Waals surface area contributed by atoms with E-state index in [4.69, 9.17) is 10.5 Å². The van der Waals surface area contributed by atoms with Gasteiger partial charge in [-0.25, -0.2) is 0 Å². The Hall–Kier alpha value is -0.160. The molecule has 0 amide bonds. The molecule has 1 aliphatic heterocycles. The average Bonchev–Trinajstić information content (AvgIpc) is 2.82. The molecule has 1 aliphatic carbocycles. The second-order valence-electron chi connectivity index (χ2n) is 5.48. The van der Waals surface area contributed by atoms with E-state index in [1.165, 1.54) is 25.7 Å². The molecule has 1 unspecified atom stereocenters. The quantitative estimate of drug-likeness (QED) is 0.762. The molecule has 0 aromatic heterocycles. The molecular weight excluding hydrogens is 214 g/mol. The Labute approximate surface area is 105 Å². The molecule has 2 aliphatic rings. The molecule has 0 aromatic rings. The predicted molar refractivity (Wildman–Crippen MR) is 70.1 cm³/mol. The SMILES string of the molecule is CN1CCOC(CN(CCN)C2CCCC2)C1. The molecule has 4 nitrogen and oxygen atoms in total. The monoisotopic (exact) mass is 241 g/mol. The highest BCUT2D eigenvalue weighted by Gasteiger charge is 2.26. The third-order valence-electron chi connectivity index (χ3n) is 4.04. The van der Waals surface area contributed by atoms with E-state index in [0.717, 1.165) is 45.4 Å². The molecule has 0 aromatic carbocycles. The number of hydrogen-bond donors (Lipinski definition) is 1. The lowest BCUT2D eigenvalue weighted by molar-refractivity contribution is -0.0406. The van der Waals surface area contributed by atoms with Crippen LogP contribution in [-0.4, -0.2) is 68.3 Å². The number of nitrogens with two attached hydrogens (primary N) is 1. The Morgan fingerprint density at radius 1 is 1.35 bits per heavy atom. The fraction of sp³-hybridized carbons (Fsp3) is 1.00. The van der Waals surface area contributed by atoms with E-state index in [1.807, 2.05) is 0 Å². The standard InChI is InChI=1S/C13H27N3O/c1-15-8-9-17-13(10-15)11-16(7-6-14)12-4-2-3-5-12/h12-13H,2-11,14H2,1H3. The zero-order chi connectivity index (χ0) is 12.1. The average molecular weight is 241 g/mol. The third kappa shape index (κ3) is 3.91. The van der Waals surface area contributed by atoms with Crippen LogP contribution in [0.1, 0.15) is 25.7 Å². The van der Waals surface area contributed by atoms with Crippen molar-refractivity contribution >= 4 is 0 Å². The van der Waals surface area contributed by atoms with Gasteiger partial charge in [-0.2, -0.15) is 0 Å². The van der Waals surface area contributed by atoms with Crippen molar-refractivity contribution in [2.75, 3.05) is 46.4 Å². The fourth-order valence-electron chi connectivity index (χ4n) is 3.10. The molecule has 1 heterocycles. The maximum Gasteiger partial charge on any atom is 0.0829 e. The van der Waals surface area contributed by atoms with Gasteiger partial charge in [-0.05, 0) is 19.9 Å². The van der Waals surface area contributed by atoms with Gasteiger partial charge in [0.25, 0.3) is 0 Å². The predicted octanol–water partition coefficient (Wildman–Crippen LogP) is 0.520. The van der Waals surface area contributed by atoms with Crippen molar-refractivity contribution in [2.24, 2.45) is 5.73 Å². The molecule has 17 heavy (non-hydrogen) atoms. The second kappa shape index (κ2) is 6.69. The second-order valence-corrected chi connectivity index (χ2v) is 5.48. The first-order valence-corrected chi connectivity index (χ1v) is 7.04. The number of hydrogen-bond acceptors (Lipinski definition) is 4. The first kappa shape index (κ1) is 13.3. The number of nitrogens with zero attached hydrogens (tertiary/aromatic N) is 2. The topological polar surface area (TPSA) is 41.7 Å². The molecule has 2 N–H and O–H groups in total. The van der Waals surface area contributed by atoms with Gasteiger partial charge < -0.3 is 15.4 Å². The maximum absolute atomic E-state index is 5.86. The lowest BCUT2D eigenvalue weighted by Crippen LogP contribution is -2.49. The first-order chi connectivity index (χ1) is 8.29. The van der Waals surface area contributed by atoms with Crippen molar-refractivity contribution < 1.29 is 4.74 Å². The number of ether oxygens (including phenoxy) is 1. The summed E-state index contributed by atoms with van der Waals surface area (Å²) < 4.78 is 5.86. The van der Waals surface area contributed by atoms with Crippen LogP contribution in [0.4, 0.5) is 0 Å². The maximum atomic E-state index is 5.86. The van der Waals surface area contributed by atoms with Crippen LogP contribution in [0.25, 0.3) is 0 Å². The third-order valence-corrected chi connectivity index (χ3v) is 4.04. The molecule has 1 atom stereocenters. The number of morpholine rings is 1. The van der Waals surface area contributed by atoms with Crippen LogP contribution in [0.5, 0.6) is 0 Å². The molecule has 2 rings (SSSR count). The van der Waals surface area contributed by atoms with Crippen molar-refractivity contribution in [3.05, 3.63) is 0 Å². The molecule has 0 spiro atoms. The summed E-state index contributed by atoms with van der Waals surface area (Å²) in [7, 11) is 2.18. The highest BCUT2D eigenvalue weighted by Crippen LogP contribution is 2.23. The highest BCUT2D eigenvalue weighted by molar-refractivity contribution is 4.81. The summed E-state index contributed by atoms with van der Waals surface area (Å²) in [5, 5.41) is 0. The van der Waals surface area contributed by atoms with Gasteiger partial charge in [0, 0.05) is 38.8 Å². The Kier molecular flexibility index (Phi) is 5.22. The van der Waals surface area contributed by atoms with Crippen LogP contribution in [-0.2, 0) is 4.74 Å². The highest BCUT2D eigenvalue weighted by atomic mass is 16.5. The summed E-state index contributed by atoms with van der Waals surface area (Å²) >= 11 is 0. The summed E-state index contributed by atoms with van der Waals surface area (Å²) in [6.07, 6.45) is 5.85. The molecule has 100 valence electrons. The van der Waals surface area contributed by atoms with Crippen molar-refractivity contribution in [3.63, 3.8) is 0 Å². The minimum Gasteiger partial charge on any atom is -0.374 e. The molecule has 0 bridgehead atoms. The normalized spacial score (nSPS) is 28.1. The molecule has 1 saturated carbocycles. The zero-order valence-electron chi connectivity index (χ0n) is 11.1. The molecule has 4 heteroatoms. The van der Waals surface area contributed by atoms with Gasteiger partial charge >= 0.3 is 0 Å². The molecular formula is C13H27N3O. The lowest BCUT2D eigenvalue weighted by Gasteiger charge is -2.36. The van der Waals surface area contributed by atoms with Crippen LogP contribution in [0.15, 0.2) is 0 Å². The van der Waals surface area contributed by atoms with Crippen molar-refractivity contribution in [1.29, 1.82) is 0 Å².